The molecule has 72 valence electrons. The van der Waals surface area contributed by atoms with E-state index in [0.717, 1.165) is 12.8 Å². The van der Waals surface area contributed by atoms with E-state index in [-0.39, 0.29) is 0 Å². The first-order valence-corrected chi connectivity index (χ1v) is 5.91. The molecule has 0 N–H and O–H groups in total. The van der Waals surface area contributed by atoms with Crippen LogP contribution < -0.4 is 0 Å². The zero-order chi connectivity index (χ0) is 10.6. The molecule has 0 spiro atoms. The van der Waals surface area contributed by atoms with E-state index in [1.807, 2.05) is 24.3 Å². The summed E-state index contributed by atoms with van der Waals surface area (Å²) in [6, 6.07) is 0. The Morgan fingerprint density at radius 2 is 1.36 bits per heavy atom. The van der Waals surface area contributed by atoms with Gasteiger partial charge in [-0.2, -0.15) is 12.2 Å². The van der Waals surface area contributed by atoms with Crippen molar-refractivity contribution in [2.24, 2.45) is 0 Å². The quantitative estimate of drug-likeness (QED) is 0.588. The Morgan fingerprint density at radius 3 is 1.43 bits per heavy atom. The Labute approximate surface area is 102 Å². The third-order valence-corrected chi connectivity index (χ3v) is 1.17. The van der Waals surface area contributed by atoms with Crippen LogP contribution in [0.25, 0.3) is 0 Å². The molecule has 0 heterocycles. The molecule has 0 aromatic carbocycles. The molecule has 0 unspecified atom stereocenters. The maximum atomic E-state index is 2.99. The van der Waals surface area contributed by atoms with E-state index in [0.29, 0.717) is 0 Å². The van der Waals surface area contributed by atoms with Crippen molar-refractivity contribution in [1.29, 1.82) is 0 Å². The van der Waals surface area contributed by atoms with Crippen LogP contribution >= 0.6 is 0 Å². The van der Waals surface area contributed by atoms with E-state index in [1.165, 1.54) is 3.21 Å². The molecule has 0 aromatic rings. The smallest absolute Gasteiger partial charge is 0.109 e. The van der Waals surface area contributed by atoms with Crippen molar-refractivity contribution in [3.05, 3.63) is 48.6 Å². The fourth-order valence-corrected chi connectivity index (χ4v) is 0.680. The monoisotopic (exact) mass is 262 g/mol. The third kappa shape index (κ3) is 14.2. The van der Waals surface area contributed by atoms with E-state index in [9.17, 15) is 0 Å². The fraction of sp³-hybridized carbons (Fsp3) is 0.308. The summed E-state index contributed by atoms with van der Waals surface area (Å²) in [7, 11) is 0. The van der Waals surface area contributed by atoms with Crippen LogP contribution in [0.5, 0.6) is 0 Å². The van der Waals surface area contributed by atoms with Crippen LogP contribution in [0.2, 0.25) is 0 Å². The minimum absolute atomic E-state index is 1.01. The molecule has 0 saturated heterocycles. The van der Waals surface area contributed by atoms with Crippen molar-refractivity contribution in [1.82, 2.24) is 0 Å². The molecule has 1 heteroatoms. The van der Waals surface area contributed by atoms with Gasteiger partial charge in [0.05, 0.1) is 0 Å². The zero-order valence-corrected chi connectivity index (χ0v) is 11.3. The number of allylic oxidation sites excluding steroid dienone is 8. The summed E-state index contributed by atoms with van der Waals surface area (Å²) in [4.78, 5) is 0. The molecule has 0 aliphatic heterocycles. The summed E-state index contributed by atoms with van der Waals surface area (Å²) in [6.45, 7) is 4.25. The van der Waals surface area contributed by atoms with Gasteiger partial charge in [0, 0.05) is 0 Å². The average Bonchev–Trinajstić information content (AvgIpc) is 2.83. The Morgan fingerprint density at radius 1 is 1.00 bits per heavy atom. The average molecular weight is 263 g/mol. The van der Waals surface area contributed by atoms with Crippen LogP contribution in [0.1, 0.15) is 26.7 Å². The largest absolute Gasteiger partial charge is 0.273 e. The summed E-state index contributed by atoms with van der Waals surface area (Å²) in [5.41, 5.74) is 0. The van der Waals surface area contributed by atoms with E-state index < -0.39 is 0 Å². The van der Waals surface area contributed by atoms with Crippen molar-refractivity contribution in [3.63, 3.8) is 0 Å². The predicted octanol–water partition coefficient (Wildman–Crippen LogP) is 3.36. The van der Waals surface area contributed by atoms with Gasteiger partial charge in [-0.1, -0.05) is 0 Å². The van der Waals surface area contributed by atoms with Gasteiger partial charge < -0.3 is 0 Å². The van der Waals surface area contributed by atoms with Gasteiger partial charge >= 0.3 is 41.3 Å². The van der Waals surface area contributed by atoms with Gasteiger partial charge in [0.25, 0.3) is 0 Å². The summed E-state index contributed by atoms with van der Waals surface area (Å²) in [5.74, 6) is 0. The maximum Gasteiger partial charge on any atom is -0.109 e. The van der Waals surface area contributed by atoms with Crippen LogP contribution in [-0.2, 0) is 24.2 Å². The second-order valence-electron chi connectivity index (χ2n) is 3.01. The molecule has 0 amide bonds. The predicted molar refractivity (Wildman–Crippen MR) is 59.5 cm³/mol. The van der Waals surface area contributed by atoms with E-state index in [2.05, 4.69) is 38.2 Å². The number of hydrogen-bond acceptors (Lipinski definition) is 0. The zero-order valence-electron chi connectivity index (χ0n) is 8.88. The summed E-state index contributed by atoms with van der Waals surface area (Å²) in [5, 5.41) is 0. The van der Waals surface area contributed by atoms with E-state index in [1.54, 1.807) is 24.2 Å². The molecule has 0 saturated carbocycles. The normalized spacial score (nSPS) is 14.6. The van der Waals surface area contributed by atoms with Crippen LogP contribution in [0.15, 0.2) is 36.5 Å². The summed E-state index contributed by atoms with van der Waals surface area (Å²) in [6.07, 6.45) is 20.0. The number of hydrogen-bond donors (Lipinski definition) is 0. The van der Waals surface area contributed by atoms with Crippen LogP contribution in [0.4, 0.5) is 0 Å². The minimum atomic E-state index is 1.01. The van der Waals surface area contributed by atoms with Crippen molar-refractivity contribution < 1.29 is 24.2 Å². The van der Waals surface area contributed by atoms with Crippen LogP contribution in [0.3, 0.4) is 0 Å². The molecular weight excluding hydrogens is 247 g/mol. The molecule has 14 heavy (non-hydrogen) atoms. The molecule has 2 aliphatic carbocycles. The summed E-state index contributed by atoms with van der Waals surface area (Å²) < 4.78 is 1.51. The summed E-state index contributed by atoms with van der Waals surface area (Å²) >= 11 is 1.55. The molecule has 2 rings (SSSR count). The van der Waals surface area contributed by atoms with Crippen LogP contribution in [0, 0.1) is 12.2 Å². The van der Waals surface area contributed by atoms with Gasteiger partial charge in [-0.25, -0.2) is 24.3 Å². The van der Waals surface area contributed by atoms with E-state index in [4.69, 9.17) is 0 Å². The van der Waals surface area contributed by atoms with Gasteiger partial charge in [-0.3, -0.25) is 12.2 Å². The Hall–Kier alpha value is -0.287. The number of rotatable bonds is 0. The molecule has 0 aromatic heterocycles. The van der Waals surface area contributed by atoms with Gasteiger partial charge in [-0.05, 0) is 0 Å². The van der Waals surface area contributed by atoms with Crippen molar-refractivity contribution in [2.45, 2.75) is 26.7 Å². The Balaban J connectivity index is 0.000000183. The first kappa shape index (κ1) is 13.7. The second kappa shape index (κ2) is 10.8. The molecular formula is C13H16Zr. The topological polar surface area (TPSA) is 0 Å². The van der Waals surface area contributed by atoms with Gasteiger partial charge in [0.2, 0.25) is 0 Å². The van der Waals surface area contributed by atoms with Gasteiger partial charge in [0.1, 0.15) is 0 Å². The maximum absolute atomic E-state index is 2.99. The van der Waals surface area contributed by atoms with E-state index >= 15 is 0 Å². The first-order chi connectivity index (χ1) is 6.73. The molecule has 2 aliphatic rings. The molecule has 0 radical (unpaired) electrons. The minimum Gasteiger partial charge on any atom is -0.273 e. The Bertz CT molecular complexity index is 208. The molecule has 0 bridgehead atoms. The first-order valence-electron chi connectivity index (χ1n) is 4.68. The SMILES string of the molecule is C[C](C)=[Zr+2].[C-]1=CC=CC1.[C-]1=CC=CC1. The Kier molecular flexibility index (Phi) is 10.6. The molecule has 0 atom stereocenters. The van der Waals surface area contributed by atoms with Crippen molar-refractivity contribution >= 4 is 3.21 Å². The fourth-order valence-electron chi connectivity index (χ4n) is 0.680. The standard InChI is InChI=1S/2C5H5.C3H6.Zr/c2*1-2-4-5-3-1;1-3-2;/h2*1-3H,4H2;1-2H3;/q2*-1;;+2. The van der Waals surface area contributed by atoms with Crippen LogP contribution in [-0.4, -0.2) is 3.21 Å². The van der Waals surface area contributed by atoms with Gasteiger partial charge in [0.15, 0.2) is 0 Å². The third-order valence-electron chi connectivity index (χ3n) is 1.17. The van der Waals surface area contributed by atoms with Gasteiger partial charge in [-0.15, -0.1) is 12.8 Å². The molecule has 0 fully saturated rings. The van der Waals surface area contributed by atoms with Crippen molar-refractivity contribution in [2.75, 3.05) is 0 Å². The second-order valence-corrected chi connectivity index (χ2v) is 5.46. The molecule has 0 nitrogen and oxygen atoms in total. The van der Waals surface area contributed by atoms with Crippen molar-refractivity contribution in [3.8, 4) is 0 Å².